The normalized spacial score (nSPS) is 32.8. The highest BCUT2D eigenvalue weighted by Gasteiger charge is 2.43. The van der Waals surface area contributed by atoms with E-state index in [4.69, 9.17) is 4.74 Å². The highest BCUT2D eigenvalue weighted by Crippen LogP contribution is 2.39. The van der Waals surface area contributed by atoms with Crippen molar-refractivity contribution >= 4 is 5.91 Å². The first-order chi connectivity index (χ1) is 11.3. The first-order valence-corrected chi connectivity index (χ1v) is 9.94. The lowest BCUT2D eigenvalue weighted by molar-refractivity contribution is -0.133. The van der Waals surface area contributed by atoms with Crippen molar-refractivity contribution in [3.8, 4) is 0 Å². The topological polar surface area (TPSA) is 41.6 Å². The molecular weight excluding hydrogens is 288 g/mol. The molecule has 0 bridgehead atoms. The van der Waals surface area contributed by atoms with Gasteiger partial charge in [-0.25, -0.2) is 0 Å². The zero-order chi connectivity index (χ0) is 15.7. The van der Waals surface area contributed by atoms with Crippen LogP contribution in [0.4, 0.5) is 0 Å². The maximum atomic E-state index is 13.0. The van der Waals surface area contributed by atoms with E-state index >= 15 is 0 Å². The lowest BCUT2D eigenvalue weighted by Gasteiger charge is -2.44. The van der Waals surface area contributed by atoms with E-state index in [9.17, 15) is 4.79 Å². The molecule has 2 heterocycles. The molecule has 2 saturated carbocycles. The van der Waals surface area contributed by atoms with Crippen LogP contribution in [0.1, 0.15) is 70.6 Å². The number of carbonyl (C=O) groups is 1. The molecular formula is C19H32N2O2. The molecule has 4 nitrogen and oxygen atoms in total. The average molecular weight is 320 g/mol. The minimum absolute atomic E-state index is 0.0805. The number of rotatable bonds is 4. The fourth-order valence-corrected chi connectivity index (χ4v) is 5.09. The van der Waals surface area contributed by atoms with Crippen molar-refractivity contribution in [1.82, 2.24) is 10.2 Å². The van der Waals surface area contributed by atoms with E-state index in [1.807, 2.05) is 0 Å². The van der Waals surface area contributed by atoms with Gasteiger partial charge in [-0.2, -0.15) is 0 Å². The number of nitrogens with one attached hydrogen (secondary N) is 1. The Morgan fingerprint density at radius 2 is 1.78 bits per heavy atom. The summed E-state index contributed by atoms with van der Waals surface area (Å²) in [7, 11) is 0. The molecule has 2 saturated heterocycles. The summed E-state index contributed by atoms with van der Waals surface area (Å²) in [5.74, 6) is 0.934. The Balaban J connectivity index is 1.37. The van der Waals surface area contributed by atoms with E-state index in [-0.39, 0.29) is 11.6 Å². The molecule has 0 aromatic heterocycles. The second kappa shape index (κ2) is 6.72. The van der Waals surface area contributed by atoms with Gasteiger partial charge in [0.05, 0.1) is 11.6 Å². The van der Waals surface area contributed by atoms with Crippen LogP contribution in [0.3, 0.4) is 0 Å². The van der Waals surface area contributed by atoms with Crippen molar-refractivity contribution in [3.63, 3.8) is 0 Å². The van der Waals surface area contributed by atoms with E-state index in [1.165, 1.54) is 57.8 Å². The molecule has 2 unspecified atom stereocenters. The van der Waals surface area contributed by atoms with Crippen molar-refractivity contribution in [1.29, 1.82) is 0 Å². The van der Waals surface area contributed by atoms with Crippen LogP contribution in [-0.4, -0.2) is 48.2 Å². The summed E-state index contributed by atoms with van der Waals surface area (Å²) in [5.41, 5.74) is 0.0805. The monoisotopic (exact) mass is 320 g/mol. The molecule has 0 radical (unpaired) electrons. The lowest BCUT2D eigenvalue weighted by Crippen LogP contribution is -2.54. The summed E-state index contributed by atoms with van der Waals surface area (Å²) in [6.07, 6.45) is 13.3. The largest absolute Gasteiger partial charge is 0.375 e. The van der Waals surface area contributed by atoms with Gasteiger partial charge in [-0.1, -0.05) is 19.3 Å². The summed E-state index contributed by atoms with van der Waals surface area (Å²) in [6, 6.07) is 0.487. The number of nitrogens with zero attached hydrogens (tertiary/aromatic N) is 1. The van der Waals surface area contributed by atoms with Crippen LogP contribution >= 0.6 is 0 Å². The second-order valence-electron chi connectivity index (χ2n) is 8.32. The van der Waals surface area contributed by atoms with Crippen molar-refractivity contribution in [2.45, 2.75) is 88.3 Å². The van der Waals surface area contributed by atoms with Crippen LogP contribution in [0.15, 0.2) is 0 Å². The predicted molar refractivity (Wildman–Crippen MR) is 90.3 cm³/mol. The van der Waals surface area contributed by atoms with Crippen molar-refractivity contribution < 1.29 is 9.53 Å². The third kappa shape index (κ3) is 3.58. The third-order valence-electron chi connectivity index (χ3n) is 6.48. The highest BCUT2D eigenvalue weighted by atomic mass is 16.5. The number of likely N-dealkylation sites (tertiary alicyclic amines) is 1. The van der Waals surface area contributed by atoms with Gasteiger partial charge < -0.3 is 10.1 Å². The Morgan fingerprint density at radius 3 is 2.48 bits per heavy atom. The fourth-order valence-electron chi connectivity index (χ4n) is 5.09. The zero-order valence-electron chi connectivity index (χ0n) is 14.4. The maximum Gasteiger partial charge on any atom is 0.237 e. The Morgan fingerprint density at radius 1 is 1.04 bits per heavy atom. The summed E-state index contributed by atoms with van der Waals surface area (Å²) in [4.78, 5) is 15.4. The minimum atomic E-state index is 0.0805. The van der Waals surface area contributed by atoms with E-state index in [0.29, 0.717) is 17.9 Å². The average Bonchev–Trinajstić information content (AvgIpc) is 3.22. The van der Waals surface area contributed by atoms with Gasteiger partial charge in [-0.05, 0) is 70.4 Å². The predicted octanol–water partition coefficient (Wildman–Crippen LogP) is 2.86. The van der Waals surface area contributed by atoms with E-state index in [1.54, 1.807) is 0 Å². The van der Waals surface area contributed by atoms with Gasteiger partial charge in [0.25, 0.3) is 0 Å². The standard InChI is InChI=1S/C19H32N2O2/c22-18(17(15-6-7-15)21-11-4-5-12-21)20-16-8-13-23-19(14-16)9-2-1-3-10-19/h15-17H,1-14H2,(H,20,22). The molecule has 1 N–H and O–H groups in total. The summed E-state index contributed by atoms with van der Waals surface area (Å²) < 4.78 is 6.18. The van der Waals surface area contributed by atoms with E-state index in [2.05, 4.69) is 10.2 Å². The van der Waals surface area contributed by atoms with Crippen LogP contribution < -0.4 is 5.32 Å². The summed E-state index contributed by atoms with van der Waals surface area (Å²) in [5, 5.41) is 3.43. The number of hydrogen-bond donors (Lipinski definition) is 1. The number of hydrogen-bond acceptors (Lipinski definition) is 3. The van der Waals surface area contributed by atoms with Gasteiger partial charge in [0.15, 0.2) is 0 Å². The summed E-state index contributed by atoms with van der Waals surface area (Å²) >= 11 is 0. The van der Waals surface area contributed by atoms with E-state index < -0.39 is 0 Å². The molecule has 0 aromatic carbocycles. The number of amides is 1. The van der Waals surface area contributed by atoms with Crippen LogP contribution in [-0.2, 0) is 9.53 Å². The van der Waals surface area contributed by atoms with Gasteiger partial charge in [0.1, 0.15) is 0 Å². The molecule has 4 rings (SSSR count). The van der Waals surface area contributed by atoms with Gasteiger partial charge in [0, 0.05) is 12.6 Å². The molecule has 0 aromatic rings. The lowest BCUT2D eigenvalue weighted by atomic mass is 9.78. The van der Waals surface area contributed by atoms with E-state index in [0.717, 1.165) is 32.5 Å². The fraction of sp³-hybridized carbons (Fsp3) is 0.947. The van der Waals surface area contributed by atoms with Crippen molar-refractivity contribution in [2.24, 2.45) is 5.92 Å². The molecule has 4 heteroatoms. The Bertz CT molecular complexity index is 418. The second-order valence-corrected chi connectivity index (χ2v) is 8.32. The van der Waals surface area contributed by atoms with Crippen molar-refractivity contribution in [3.05, 3.63) is 0 Å². The van der Waals surface area contributed by atoms with Crippen LogP contribution in [0.5, 0.6) is 0 Å². The minimum Gasteiger partial charge on any atom is -0.375 e. The molecule has 4 fully saturated rings. The zero-order valence-corrected chi connectivity index (χ0v) is 14.4. The van der Waals surface area contributed by atoms with Gasteiger partial charge in [-0.3, -0.25) is 9.69 Å². The van der Waals surface area contributed by atoms with Crippen molar-refractivity contribution in [2.75, 3.05) is 19.7 Å². The number of carbonyl (C=O) groups excluding carboxylic acids is 1. The molecule has 2 atom stereocenters. The van der Waals surface area contributed by atoms with Crippen LogP contribution in [0.25, 0.3) is 0 Å². The maximum absolute atomic E-state index is 13.0. The van der Waals surface area contributed by atoms with Gasteiger partial charge in [-0.15, -0.1) is 0 Å². The SMILES string of the molecule is O=C(NC1CCOC2(CCCCC2)C1)C(C1CC1)N1CCCC1. The third-order valence-corrected chi connectivity index (χ3v) is 6.48. The number of ether oxygens (including phenoxy) is 1. The molecule has 23 heavy (non-hydrogen) atoms. The van der Waals surface area contributed by atoms with Crippen LogP contribution in [0, 0.1) is 5.92 Å². The Kier molecular flexibility index (Phi) is 4.64. The van der Waals surface area contributed by atoms with Gasteiger partial charge in [0.2, 0.25) is 5.91 Å². The molecule has 1 amide bonds. The smallest absolute Gasteiger partial charge is 0.237 e. The Labute approximate surface area is 140 Å². The highest BCUT2D eigenvalue weighted by molar-refractivity contribution is 5.82. The molecule has 1 spiro atoms. The molecule has 2 aliphatic heterocycles. The quantitative estimate of drug-likeness (QED) is 0.866. The van der Waals surface area contributed by atoms with Gasteiger partial charge >= 0.3 is 0 Å². The Hall–Kier alpha value is -0.610. The molecule has 130 valence electrons. The van der Waals surface area contributed by atoms with Crippen LogP contribution in [0.2, 0.25) is 0 Å². The first kappa shape index (κ1) is 15.9. The summed E-state index contributed by atoms with van der Waals surface area (Å²) in [6.45, 7) is 3.06. The molecule has 4 aliphatic rings. The first-order valence-electron chi connectivity index (χ1n) is 9.94. The molecule has 2 aliphatic carbocycles.